The van der Waals surface area contributed by atoms with Crippen molar-refractivity contribution >= 4 is 17.5 Å². The molecule has 0 bridgehead atoms. The number of aryl methyl sites for hydroxylation is 1. The van der Waals surface area contributed by atoms with Crippen molar-refractivity contribution in [2.75, 3.05) is 11.9 Å². The van der Waals surface area contributed by atoms with E-state index >= 15 is 0 Å². The van der Waals surface area contributed by atoms with Gasteiger partial charge in [0.15, 0.2) is 0 Å². The molecule has 1 aliphatic rings. The highest BCUT2D eigenvalue weighted by molar-refractivity contribution is 5.96. The molecule has 0 unspecified atom stereocenters. The molecule has 2 heterocycles. The number of carbonyl (C=O) groups excluding carboxylic acids is 2. The minimum atomic E-state index is -0.227. The van der Waals surface area contributed by atoms with Gasteiger partial charge in [0.2, 0.25) is 11.8 Å². The summed E-state index contributed by atoms with van der Waals surface area (Å²) in [5, 5.41) is 5.84. The second kappa shape index (κ2) is 7.34. The molecule has 2 amide bonds. The molecule has 1 aliphatic heterocycles. The van der Waals surface area contributed by atoms with Gasteiger partial charge in [-0.05, 0) is 49.6 Å². The fraction of sp³-hybridized carbons (Fsp3) is 0.316. The van der Waals surface area contributed by atoms with E-state index in [9.17, 15) is 9.59 Å². The third-order valence-corrected chi connectivity index (χ3v) is 4.17. The van der Waals surface area contributed by atoms with Gasteiger partial charge in [0, 0.05) is 18.3 Å². The lowest BCUT2D eigenvalue weighted by Gasteiger charge is -2.20. The van der Waals surface area contributed by atoms with Crippen LogP contribution in [0.3, 0.4) is 0 Å². The number of fused-ring (bicyclic) bond motifs is 1. The van der Waals surface area contributed by atoms with E-state index in [4.69, 9.17) is 4.74 Å². The number of nitrogens with zero attached hydrogens (tertiary/aromatic N) is 1. The molecule has 3 rings (SSSR count). The smallest absolute Gasteiger partial charge is 0.257 e. The van der Waals surface area contributed by atoms with Crippen molar-refractivity contribution in [2.24, 2.45) is 0 Å². The molecule has 0 spiro atoms. The van der Waals surface area contributed by atoms with Gasteiger partial charge < -0.3 is 15.4 Å². The highest BCUT2D eigenvalue weighted by Gasteiger charge is 2.19. The van der Waals surface area contributed by atoms with Gasteiger partial charge in [0.25, 0.3) is 5.91 Å². The average Bonchev–Trinajstić information content (AvgIpc) is 2.61. The fourth-order valence-corrected chi connectivity index (χ4v) is 2.85. The monoisotopic (exact) mass is 339 g/mol. The molecular weight excluding hydrogens is 318 g/mol. The number of carbonyl (C=O) groups is 2. The molecule has 1 atom stereocenters. The Hall–Kier alpha value is -2.89. The SMILES string of the molecule is CCOc1ncccc1C(=O)N[C@H](C)c1ccc2c(c1)CCC(=O)N2. The van der Waals surface area contributed by atoms with E-state index in [1.54, 1.807) is 18.3 Å². The summed E-state index contributed by atoms with van der Waals surface area (Å²) in [6.07, 6.45) is 2.81. The number of anilines is 1. The largest absolute Gasteiger partial charge is 0.477 e. The van der Waals surface area contributed by atoms with Crippen LogP contribution in [-0.4, -0.2) is 23.4 Å². The Morgan fingerprint density at radius 3 is 3.00 bits per heavy atom. The summed E-state index contributed by atoms with van der Waals surface area (Å²) in [6, 6.07) is 9.07. The van der Waals surface area contributed by atoms with E-state index in [0.717, 1.165) is 16.8 Å². The predicted molar refractivity (Wildman–Crippen MR) is 94.7 cm³/mol. The first-order valence-electron chi connectivity index (χ1n) is 8.40. The number of pyridine rings is 1. The average molecular weight is 339 g/mol. The normalized spacial score (nSPS) is 14.2. The molecule has 0 fully saturated rings. The zero-order valence-corrected chi connectivity index (χ0v) is 14.3. The number of nitrogens with one attached hydrogen (secondary N) is 2. The van der Waals surface area contributed by atoms with Gasteiger partial charge in [-0.1, -0.05) is 12.1 Å². The van der Waals surface area contributed by atoms with Crippen molar-refractivity contribution in [3.63, 3.8) is 0 Å². The highest BCUT2D eigenvalue weighted by Crippen LogP contribution is 2.26. The van der Waals surface area contributed by atoms with Crippen LogP contribution < -0.4 is 15.4 Å². The van der Waals surface area contributed by atoms with E-state index in [1.165, 1.54) is 0 Å². The van der Waals surface area contributed by atoms with Crippen LogP contribution in [-0.2, 0) is 11.2 Å². The number of ether oxygens (including phenoxy) is 1. The summed E-state index contributed by atoms with van der Waals surface area (Å²) in [4.78, 5) is 28.1. The van der Waals surface area contributed by atoms with Crippen LogP contribution in [0.1, 0.15) is 47.8 Å². The summed E-state index contributed by atoms with van der Waals surface area (Å²) in [5.74, 6) is 0.152. The highest BCUT2D eigenvalue weighted by atomic mass is 16.5. The maximum absolute atomic E-state index is 12.6. The third-order valence-electron chi connectivity index (χ3n) is 4.17. The summed E-state index contributed by atoms with van der Waals surface area (Å²) < 4.78 is 5.42. The Morgan fingerprint density at radius 1 is 1.36 bits per heavy atom. The first-order chi connectivity index (χ1) is 12.1. The molecule has 130 valence electrons. The lowest BCUT2D eigenvalue weighted by molar-refractivity contribution is -0.116. The summed E-state index contributed by atoms with van der Waals surface area (Å²) in [5.41, 5.74) is 3.35. The van der Waals surface area contributed by atoms with Gasteiger partial charge in [-0.15, -0.1) is 0 Å². The molecule has 0 saturated carbocycles. The number of hydrogen-bond donors (Lipinski definition) is 2. The van der Waals surface area contributed by atoms with Gasteiger partial charge in [0.1, 0.15) is 5.56 Å². The minimum absolute atomic E-state index is 0.0432. The number of aromatic nitrogens is 1. The predicted octanol–water partition coefficient (Wildman–Crippen LogP) is 2.86. The number of benzene rings is 1. The molecule has 2 N–H and O–H groups in total. The summed E-state index contributed by atoms with van der Waals surface area (Å²) in [7, 11) is 0. The van der Waals surface area contributed by atoms with Gasteiger partial charge in [0.05, 0.1) is 12.6 Å². The Morgan fingerprint density at radius 2 is 2.20 bits per heavy atom. The topological polar surface area (TPSA) is 80.3 Å². The molecular formula is C19H21N3O3. The molecule has 0 radical (unpaired) electrons. The maximum atomic E-state index is 12.6. The number of rotatable bonds is 5. The molecule has 6 nitrogen and oxygen atoms in total. The van der Waals surface area contributed by atoms with Crippen molar-refractivity contribution < 1.29 is 14.3 Å². The lowest BCUT2D eigenvalue weighted by atomic mass is 9.97. The zero-order chi connectivity index (χ0) is 17.8. The van der Waals surface area contributed by atoms with E-state index in [-0.39, 0.29) is 17.9 Å². The van der Waals surface area contributed by atoms with Gasteiger partial charge in [-0.3, -0.25) is 9.59 Å². The van der Waals surface area contributed by atoms with Crippen molar-refractivity contribution in [1.82, 2.24) is 10.3 Å². The third kappa shape index (κ3) is 3.79. The maximum Gasteiger partial charge on any atom is 0.257 e. The van der Waals surface area contributed by atoms with E-state index in [1.807, 2.05) is 32.0 Å². The Bertz CT molecular complexity index is 804. The first kappa shape index (κ1) is 17.0. The molecule has 0 saturated heterocycles. The fourth-order valence-electron chi connectivity index (χ4n) is 2.85. The van der Waals surface area contributed by atoms with Crippen LogP contribution in [0.5, 0.6) is 5.88 Å². The second-order valence-corrected chi connectivity index (χ2v) is 5.95. The van der Waals surface area contributed by atoms with Crippen LogP contribution in [0.4, 0.5) is 5.69 Å². The standard InChI is InChI=1S/C19H21N3O3/c1-3-25-19-15(5-4-10-20-19)18(24)21-12(2)13-6-8-16-14(11-13)7-9-17(23)22-16/h4-6,8,10-12H,3,7,9H2,1-2H3,(H,21,24)(H,22,23)/t12-/m1/s1. The van der Waals surface area contributed by atoms with Crippen molar-refractivity contribution in [3.8, 4) is 5.88 Å². The Balaban J connectivity index is 1.75. The molecule has 1 aromatic carbocycles. The zero-order valence-electron chi connectivity index (χ0n) is 14.3. The lowest BCUT2D eigenvalue weighted by Crippen LogP contribution is -2.27. The molecule has 6 heteroatoms. The Kier molecular flexibility index (Phi) is 4.97. The van der Waals surface area contributed by atoms with Crippen LogP contribution >= 0.6 is 0 Å². The minimum Gasteiger partial charge on any atom is -0.477 e. The number of hydrogen-bond acceptors (Lipinski definition) is 4. The van der Waals surface area contributed by atoms with Gasteiger partial charge >= 0.3 is 0 Å². The summed E-state index contributed by atoms with van der Waals surface area (Å²) in [6.45, 7) is 4.23. The van der Waals surface area contributed by atoms with E-state index in [2.05, 4.69) is 15.6 Å². The molecule has 1 aromatic heterocycles. The van der Waals surface area contributed by atoms with Crippen LogP contribution in [0, 0.1) is 0 Å². The van der Waals surface area contributed by atoms with Crippen molar-refractivity contribution in [1.29, 1.82) is 0 Å². The van der Waals surface area contributed by atoms with E-state index < -0.39 is 0 Å². The van der Waals surface area contributed by atoms with Gasteiger partial charge in [-0.2, -0.15) is 0 Å². The van der Waals surface area contributed by atoms with Crippen LogP contribution in [0.2, 0.25) is 0 Å². The summed E-state index contributed by atoms with van der Waals surface area (Å²) >= 11 is 0. The van der Waals surface area contributed by atoms with Crippen LogP contribution in [0.15, 0.2) is 36.5 Å². The van der Waals surface area contributed by atoms with Crippen molar-refractivity contribution in [3.05, 3.63) is 53.2 Å². The quantitative estimate of drug-likeness (QED) is 0.878. The molecule has 25 heavy (non-hydrogen) atoms. The Labute approximate surface area is 146 Å². The van der Waals surface area contributed by atoms with Crippen molar-refractivity contribution in [2.45, 2.75) is 32.7 Å². The van der Waals surface area contributed by atoms with E-state index in [0.29, 0.717) is 30.9 Å². The first-order valence-corrected chi connectivity index (χ1v) is 8.40. The molecule has 0 aliphatic carbocycles. The van der Waals surface area contributed by atoms with Crippen LogP contribution in [0.25, 0.3) is 0 Å². The molecule has 2 aromatic rings. The van der Waals surface area contributed by atoms with Gasteiger partial charge in [-0.25, -0.2) is 4.98 Å². The second-order valence-electron chi connectivity index (χ2n) is 5.95. The number of amides is 2.